The lowest BCUT2D eigenvalue weighted by atomic mass is 10.0. The monoisotopic (exact) mass is 386 g/mol. The molecule has 4 rings (SSSR count). The van der Waals surface area contributed by atoms with Gasteiger partial charge in [0.05, 0.1) is 24.2 Å². The van der Waals surface area contributed by atoms with Gasteiger partial charge in [0.15, 0.2) is 5.82 Å². The van der Waals surface area contributed by atoms with Crippen LogP contribution in [0.3, 0.4) is 0 Å². The first-order valence-corrected chi connectivity index (χ1v) is 9.70. The first-order chi connectivity index (χ1) is 13.4. The van der Waals surface area contributed by atoms with Crippen molar-refractivity contribution in [2.75, 3.05) is 5.32 Å². The molecule has 2 fully saturated rings. The Balaban J connectivity index is 1.40. The van der Waals surface area contributed by atoms with E-state index < -0.39 is 12.2 Å². The van der Waals surface area contributed by atoms with Crippen LogP contribution < -0.4 is 5.32 Å². The second-order valence-corrected chi connectivity index (χ2v) is 8.15. The van der Waals surface area contributed by atoms with Crippen LogP contribution in [0, 0.1) is 0 Å². The lowest BCUT2D eigenvalue weighted by Crippen LogP contribution is -2.45. The minimum absolute atomic E-state index is 0.0635. The first kappa shape index (κ1) is 18.7. The van der Waals surface area contributed by atoms with Crippen molar-refractivity contribution in [3.05, 3.63) is 29.8 Å². The maximum Gasteiger partial charge on any atom is 0.408 e. The van der Waals surface area contributed by atoms with Crippen LogP contribution in [-0.2, 0) is 0 Å². The molecular weight excluding hydrogens is 360 g/mol. The van der Waals surface area contributed by atoms with Gasteiger partial charge in [0.2, 0.25) is 0 Å². The van der Waals surface area contributed by atoms with E-state index in [2.05, 4.69) is 25.5 Å². The van der Waals surface area contributed by atoms with Crippen LogP contribution in [0.1, 0.15) is 69.4 Å². The molecule has 0 spiro atoms. The summed E-state index contributed by atoms with van der Waals surface area (Å²) in [6.45, 7) is 3.68. The number of hydrogen-bond donors (Lipinski definition) is 4. The van der Waals surface area contributed by atoms with E-state index in [1.54, 1.807) is 18.0 Å². The van der Waals surface area contributed by atoms with Gasteiger partial charge >= 0.3 is 6.09 Å². The molecule has 0 aliphatic heterocycles. The smallest absolute Gasteiger partial charge is 0.408 e. The summed E-state index contributed by atoms with van der Waals surface area (Å²) in [5, 5.41) is 29.6. The average molecular weight is 386 g/mol. The Hall–Kier alpha value is -2.68. The molecule has 2 aliphatic carbocycles. The fourth-order valence-electron chi connectivity index (χ4n) is 4.08. The Morgan fingerprint density at radius 2 is 2.11 bits per heavy atom. The number of hydrogen-bond acceptors (Lipinski definition) is 6. The maximum atomic E-state index is 11.8. The second-order valence-electron chi connectivity index (χ2n) is 8.15. The molecule has 2 aromatic heterocycles. The number of carbonyl (C=O) groups is 1. The van der Waals surface area contributed by atoms with Crippen LogP contribution in [0.4, 0.5) is 16.4 Å². The van der Waals surface area contributed by atoms with E-state index in [0.29, 0.717) is 17.3 Å². The Morgan fingerprint density at radius 3 is 2.71 bits per heavy atom. The van der Waals surface area contributed by atoms with Crippen molar-refractivity contribution in [1.29, 1.82) is 0 Å². The van der Waals surface area contributed by atoms with E-state index in [1.165, 1.54) is 6.20 Å². The van der Waals surface area contributed by atoms with Crippen molar-refractivity contribution in [1.82, 2.24) is 25.1 Å². The molecular formula is C19H26N6O3. The zero-order valence-corrected chi connectivity index (χ0v) is 16.1. The van der Waals surface area contributed by atoms with Crippen molar-refractivity contribution in [3.63, 3.8) is 0 Å². The van der Waals surface area contributed by atoms with E-state index in [9.17, 15) is 15.0 Å². The highest BCUT2D eigenvalue weighted by Crippen LogP contribution is 2.47. The Kier molecular flexibility index (Phi) is 4.70. The highest BCUT2D eigenvalue weighted by molar-refractivity contribution is 5.67. The number of aromatic nitrogens is 4. The summed E-state index contributed by atoms with van der Waals surface area (Å²) in [7, 11) is 0. The highest BCUT2D eigenvalue weighted by atomic mass is 16.4. The maximum absolute atomic E-state index is 11.8. The van der Waals surface area contributed by atoms with E-state index >= 15 is 0 Å². The Labute approximate surface area is 163 Å². The van der Waals surface area contributed by atoms with Gasteiger partial charge in [-0.2, -0.15) is 5.10 Å². The van der Waals surface area contributed by atoms with Gasteiger partial charge in [0, 0.05) is 29.3 Å². The molecule has 9 nitrogen and oxygen atoms in total. The van der Waals surface area contributed by atoms with Crippen LogP contribution in [0.2, 0.25) is 0 Å². The summed E-state index contributed by atoms with van der Waals surface area (Å²) < 4.78 is 0. The number of aromatic amines is 1. The summed E-state index contributed by atoms with van der Waals surface area (Å²) >= 11 is 0. The zero-order chi connectivity index (χ0) is 19.9. The van der Waals surface area contributed by atoms with Crippen molar-refractivity contribution in [2.24, 2.45) is 0 Å². The fraction of sp³-hybridized carbons (Fsp3) is 0.579. The molecule has 0 aromatic carbocycles. The molecule has 2 aromatic rings. The van der Waals surface area contributed by atoms with Crippen molar-refractivity contribution in [2.45, 2.75) is 69.6 Å². The van der Waals surface area contributed by atoms with E-state index in [0.717, 1.165) is 37.8 Å². The average Bonchev–Trinajstić information content (AvgIpc) is 3.05. The number of carboxylic acid groups (broad SMARTS) is 1. The quantitative estimate of drug-likeness (QED) is 0.600. The normalized spacial score (nSPS) is 24.0. The molecule has 0 saturated heterocycles. The number of anilines is 2. The molecule has 28 heavy (non-hydrogen) atoms. The van der Waals surface area contributed by atoms with Crippen LogP contribution in [0.15, 0.2) is 18.5 Å². The van der Waals surface area contributed by atoms with Gasteiger partial charge in [0.1, 0.15) is 5.82 Å². The summed E-state index contributed by atoms with van der Waals surface area (Å²) in [6.07, 6.45) is 6.15. The minimum atomic E-state index is -0.808. The highest BCUT2D eigenvalue weighted by Gasteiger charge is 2.50. The third-order valence-electron chi connectivity index (χ3n) is 5.92. The standard InChI is InChI=1S/C19H26N6O3/c1-11(26)15-9-21-17(10-20-15)22-16-8-14(23-24-16)12-3-4-13(7-12)25(18(27)28)19(2)5-6-19/h8-13,26H,3-7H2,1-2H3,(H,27,28)(H2,21,22,23,24)/t11-,12-,13+/m0/s1. The van der Waals surface area contributed by atoms with Crippen molar-refractivity contribution < 1.29 is 15.0 Å². The van der Waals surface area contributed by atoms with Crippen molar-refractivity contribution in [3.8, 4) is 0 Å². The van der Waals surface area contributed by atoms with Gasteiger partial charge in [0.25, 0.3) is 0 Å². The zero-order valence-electron chi connectivity index (χ0n) is 16.1. The van der Waals surface area contributed by atoms with Crippen LogP contribution in [0.5, 0.6) is 0 Å². The van der Waals surface area contributed by atoms with E-state index in [1.807, 2.05) is 13.0 Å². The van der Waals surface area contributed by atoms with E-state index in [-0.39, 0.29) is 17.5 Å². The summed E-state index contributed by atoms with van der Waals surface area (Å²) in [5.41, 5.74) is 1.34. The second kappa shape index (κ2) is 7.05. The van der Waals surface area contributed by atoms with Crippen LogP contribution in [0.25, 0.3) is 0 Å². The topological polar surface area (TPSA) is 127 Å². The molecule has 1 amide bonds. The van der Waals surface area contributed by atoms with Gasteiger partial charge < -0.3 is 15.5 Å². The number of nitrogens with one attached hydrogen (secondary N) is 2. The molecule has 3 atom stereocenters. The van der Waals surface area contributed by atoms with Gasteiger partial charge in [-0.15, -0.1) is 0 Å². The van der Waals surface area contributed by atoms with Gasteiger partial charge in [-0.3, -0.25) is 15.0 Å². The van der Waals surface area contributed by atoms with Gasteiger partial charge in [-0.05, 0) is 46.0 Å². The largest absolute Gasteiger partial charge is 0.465 e. The minimum Gasteiger partial charge on any atom is -0.465 e. The molecule has 2 saturated carbocycles. The molecule has 150 valence electrons. The third kappa shape index (κ3) is 3.66. The van der Waals surface area contributed by atoms with Gasteiger partial charge in [-0.25, -0.2) is 9.78 Å². The molecule has 2 heterocycles. The Bertz CT molecular complexity index is 846. The molecule has 0 radical (unpaired) electrons. The lowest BCUT2D eigenvalue weighted by molar-refractivity contribution is 0.0955. The predicted molar refractivity (Wildman–Crippen MR) is 102 cm³/mol. The number of amides is 1. The lowest BCUT2D eigenvalue weighted by Gasteiger charge is -2.32. The first-order valence-electron chi connectivity index (χ1n) is 9.70. The molecule has 0 unspecified atom stereocenters. The summed E-state index contributed by atoms with van der Waals surface area (Å²) in [4.78, 5) is 21.8. The van der Waals surface area contributed by atoms with E-state index in [4.69, 9.17) is 0 Å². The molecule has 2 aliphatic rings. The predicted octanol–water partition coefficient (Wildman–Crippen LogP) is 3.17. The molecule has 4 N–H and O–H groups in total. The summed E-state index contributed by atoms with van der Waals surface area (Å²) in [6, 6.07) is 2.01. The molecule has 0 bridgehead atoms. The molecule has 9 heteroatoms. The number of rotatable bonds is 6. The number of aliphatic hydroxyl groups is 1. The third-order valence-corrected chi connectivity index (χ3v) is 5.92. The van der Waals surface area contributed by atoms with Gasteiger partial charge in [-0.1, -0.05) is 0 Å². The number of nitrogens with zero attached hydrogens (tertiary/aromatic N) is 4. The Morgan fingerprint density at radius 1 is 1.32 bits per heavy atom. The fourth-order valence-corrected chi connectivity index (χ4v) is 4.08. The number of aliphatic hydroxyl groups excluding tert-OH is 1. The number of H-pyrrole nitrogens is 1. The summed E-state index contributed by atoms with van der Waals surface area (Å²) in [5.74, 6) is 1.45. The SMILES string of the molecule is C[C@H](O)c1cnc(Nc2cc([C@H]3CC[C@@H](N(C(=O)O)C4(C)CC4)C3)[nH]n2)cn1. The van der Waals surface area contributed by atoms with Crippen LogP contribution in [-0.4, -0.2) is 53.0 Å². The van der Waals surface area contributed by atoms with Crippen molar-refractivity contribution >= 4 is 17.7 Å². The van der Waals surface area contributed by atoms with Crippen LogP contribution >= 0.6 is 0 Å².